The highest BCUT2D eigenvalue weighted by atomic mass is 32.1. The van der Waals surface area contributed by atoms with Gasteiger partial charge in [0.25, 0.3) is 0 Å². The predicted molar refractivity (Wildman–Crippen MR) is 102 cm³/mol. The molecule has 4 rings (SSSR count). The van der Waals surface area contributed by atoms with Crippen molar-refractivity contribution in [2.24, 2.45) is 0 Å². The lowest BCUT2D eigenvalue weighted by molar-refractivity contribution is 0.129. The molecule has 25 heavy (non-hydrogen) atoms. The summed E-state index contributed by atoms with van der Waals surface area (Å²) in [4.78, 5) is 11.8. The largest absolute Gasteiger partial charge is 0.445 e. The molecule has 0 unspecified atom stereocenters. The maximum absolute atomic E-state index is 11.8. The van der Waals surface area contributed by atoms with Crippen molar-refractivity contribution < 1.29 is 9.53 Å². The van der Waals surface area contributed by atoms with Crippen molar-refractivity contribution in [2.75, 3.05) is 5.32 Å². The molecule has 1 aliphatic carbocycles. The van der Waals surface area contributed by atoms with Gasteiger partial charge in [0.05, 0.1) is 0 Å². The Bertz CT molecular complexity index is 856. The van der Waals surface area contributed by atoms with Crippen LogP contribution < -0.4 is 10.6 Å². The van der Waals surface area contributed by atoms with Gasteiger partial charge < -0.3 is 15.4 Å². The quantitative estimate of drug-likeness (QED) is 0.695. The lowest BCUT2D eigenvalue weighted by atomic mass is 9.86. The third-order valence-electron chi connectivity index (χ3n) is 4.50. The van der Waals surface area contributed by atoms with Crippen molar-refractivity contribution in [3.8, 4) is 0 Å². The minimum Gasteiger partial charge on any atom is -0.445 e. The van der Waals surface area contributed by atoms with Gasteiger partial charge in [0.15, 0.2) is 0 Å². The van der Waals surface area contributed by atoms with E-state index in [4.69, 9.17) is 4.74 Å². The van der Waals surface area contributed by atoms with Crippen molar-refractivity contribution in [1.82, 2.24) is 5.32 Å². The van der Waals surface area contributed by atoms with Crippen molar-refractivity contribution >= 4 is 33.2 Å². The van der Waals surface area contributed by atoms with Gasteiger partial charge >= 0.3 is 6.09 Å². The van der Waals surface area contributed by atoms with Gasteiger partial charge in [0.2, 0.25) is 0 Å². The molecular weight excluding hydrogens is 332 g/mol. The third kappa shape index (κ3) is 3.94. The summed E-state index contributed by atoms with van der Waals surface area (Å²) in [5.74, 6) is 0. The minimum absolute atomic E-state index is 0.186. The maximum Gasteiger partial charge on any atom is 0.407 e. The lowest BCUT2D eigenvalue weighted by Gasteiger charge is -2.36. The van der Waals surface area contributed by atoms with Crippen LogP contribution in [0, 0.1) is 0 Å². The van der Waals surface area contributed by atoms with E-state index in [9.17, 15) is 4.79 Å². The molecule has 128 valence electrons. The number of carbonyl (C=O) groups excluding carboxylic acids is 1. The Morgan fingerprint density at radius 1 is 1.08 bits per heavy atom. The summed E-state index contributed by atoms with van der Waals surface area (Å²) in [7, 11) is 0. The molecule has 5 heteroatoms. The normalized spacial score (nSPS) is 19.2. The fraction of sp³-hybridized carbons (Fsp3) is 0.250. The first kappa shape index (κ1) is 16.0. The number of carbonyl (C=O) groups is 1. The molecule has 4 nitrogen and oxygen atoms in total. The molecule has 2 N–H and O–H groups in total. The Balaban J connectivity index is 1.20. The van der Waals surface area contributed by atoms with Crippen molar-refractivity contribution in [3.05, 3.63) is 65.5 Å². The Kier molecular flexibility index (Phi) is 4.57. The number of nitrogens with one attached hydrogen (secondary N) is 2. The first-order valence-electron chi connectivity index (χ1n) is 8.47. The molecule has 0 saturated heterocycles. The number of alkyl carbamates (subject to hydrolysis) is 1. The number of ether oxygens (including phenoxy) is 1. The average molecular weight is 352 g/mol. The molecule has 1 aromatic heterocycles. The number of amides is 1. The first-order chi connectivity index (χ1) is 12.3. The van der Waals surface area contributed by atoms with Crippen LogP contribution in [0.2, 0.25) is 0 Å². The Morgan fingerprint density at radius 3 is 2.76 bits per heavy atom. The molecule has 0 spiro atoms. The molecular formula is C20H20N2O2S. The van der Waals surface area contributed by atoms with Crippen LogP contribution in [-0.4, -0.2) is 18.2 Å². The number of fused-ring (bicyclic) bond motifs is 1. The van der Waals surface area contributed by atoms with E-state index in [-0.39, 0.29) is 12.1 Å². The lowest BCUT2D eigenvalue weighted by Crippen LogP contribution is -2.49. The van der Waals surface area contributed by atoms with Gasteiger partial charge in [-0.2, -0.15) is 0 Å². The molecule has 2 aromatic carbocycles. The van der Waals surface area contributed by atoms with Gasteiger partial charge in [0.1, 0.15) is 6.61 Å². The van der Waals surface area contributed by atoms with Crippen molar-refractivity contribution in [3.63, 3.8) is 0 Å². The highest BCUT2D eigenvalue weighted by Gasteiger charge is 2.30. The first-order valence-corrected chi connectivity index (χ1v) is 9.35. The van der Waals surface area contributed by atoms with Crippen LogP contribution in [0.3, 0.4) is 0 Å². The zero-order valence-electron chi connectivity index (χ0n) is 13.8. The van der Waals surface area contributed by atoms with Crippen LogP contribution in [0.15, 0.2) is 60.0 Å². The number of hydrogen-bond donors (Lipinski definition) is 2. The molecule has 1 saturated carbocycles. The molecule has 3 aromatic rings. The van der Waals surface area contributed by atoms with Gasteiger partial charge in [-0.1, -0.05) is 30.3 Å². The highest BCUT2D eigenvalue weighted by Crippen LogP contribution is 2.28. The number of hydrogen-bond acceptors (Lipinski definition) is 4. The fourth-order valence-electron chi connectivity index (χ4n) is 3.08. The topological polar surface area (TPSA) is 50.4 Å². The average Bonchev–Trinajstić information content (AvgIpc) is 3.07. The van der Waals surface area contributed by atoms with Gasteiger partial charge in [-0.15, -0.1) is 11.3 Å². The number of benzene rings is 2. The molecule has 0 bridgehead atoms. The second kappa shape index (κ2) is 7.15. The number of thiophene rings is 1. The molecule has 0 aliphatic heterocycles. The number of anilines is 1. The van der Waals surface area contributed by atoms with Gasteiger partial charge in [0, 0.05) is 22.5 Å². The standard InChI is InChI=1S/C20H20N2O2S/c23-20(24-13-14-4-2-1-3-5-14)22-18-11-17(12-18)21-16-6-7-19-15(10-16)8-9-25-19/h1-10,17-18,21H,11-13H2,(H,22,23). The van der Waals surface area contributed by atoms with Crippen LogP contribution >= 0.6 is 11.3 Å². The molecule has 1 heterocycles. The van der Waals surface area contributed by atoms with Gasteiger partial charge in [-0.3, -0.25) is 0 Å². The van der Waals surface area contributed by atoms with E-state index in [0.29, 0.717) is 12.6 Å². The number of rotatable bonds is 5. The Hall–Kier alpha value is -2.53. The molecule has 1 fully saturated rings. The van der Waals surface area contributed by atoms with Crippen LogP contribution in [0.5, 0.6) is 0 Å². The van der Waals surface area contributed by atoms with E-state index in [1.165, 1.54) is 10.1 Å². The Labute approximate surface area is 150 Å². The van der Waals surface area contributed by atoms with Crippen molar-refractivity contribution in [2.45, 2.75) is 31.5 Å². The zero-order chi connectivity index (χ0) is 17.1. The van der Waals surface area contributed by atoms with Gasteiger partial charge in [-0.25, -0.2) is 4.79 Å². The minimum atomic E-state index is -0.341. The summed E-state index contributed by atoms with van der Waals surface area (Å²) in [6.07, 6.45) is 1.50. The second-order valence-electron chi connectivity index (χ2n) is 6.39. The molecule has 1 aliphatic rings. The van der Waals surface area contributed by atoms with Crippen LogP contribution in [0.25, 0.3) is 10.1 Å². The smallest absolute Gasteiger partial charge is 0.407 e. The monoisotopic (exact) mass is 352 g/mol. The summed E-state index contributed by atoms with van der Waals surface area (Å²) in [5.41, 5.74) is 2.13. The fourth-order valence-corrected chi connectivity index (χ4v) is 3.85. The third-order valence-corrected chi connectivity index (χ3v) is 5.39. The zero-order valence-corrected chi connectivity index (χ0v) is 14.6. The maximum atomic E-state index is 11.8. The van der Waals surface area contributed by atoms with Crippen LogP contribution in [0.1, 0.15) is 18.4 Å². The van der Waals surface area contributed by atoms with E-state index < -0.39 is 0 Å². The van der Waals surface area contributed by atoms with E-state index in [1.54, 1.807) is 11.3 Å². The second-order valence-corrected chi connectivity index (χ2v) is 7.34. The summed E-state index contributed by atoms with van der Waals surface area (Å²) in [6, 6.07) is 18.9. The summed E-state index contributed by atoms with van der Waals surface area (Å²) < 4.78 is 6.56. The van der Waals surface area contributed by atoms with Crippen LogP contribution in [-0.2, 0) is 11.3 Å². The molecule has 0 radical (unpaired) electrons. The van der Waals surface area contributed by atoms with Gasteiger partial charge in [-0.05, 0) is 53.4 Å². The Morgan fingerprint density at radius 2 is 1.92 bits per heavy atom. The van der Waals surface area contributed by atoms with E-state index >= 15 is 0 Å². The predicted octanol–water partition coefficient (Wildman–Crippen LogP) is 4.77. The van der Waals surface area contributed by atoms with Crippen LogP contribution in [0.4, 0.5) is 10.5 Å². The van der Waals surface area contributed by atoms with E-state index in [0.717, 1.165) is 24.1 Å². The van der Waals surface area contributed by atoms with E-state index in [1.807, 2.05) is 30.3 Å². The summed E-state index contributed by atoms with van der Waals surface area (Å²) in [5, 5.41) is 9.84. The van der Waals surface area contributed by atoms with E-state index in [2.05, 4.69) is 40.3 Å². The molecule has 0 atom stereocenters. The SMILES string of the molecule is O=C(NC1CC(Nc2ccc3sccc3c2)C1)OCc1ccccc1. The summed E-state index contributed by atoms with van der Waals surface area (Å²) in [6.45, 7) is 0.307. The summed E-state index contributed by atoms with van der Waals surface area (Å²) >= 11 is 1.76. The molecule has 1 amide bonds. The van der Waals surface area contributed by atoms with Crippen molar-refractivity contribution in [1.29, 1.82) is 0 Å². The highest BCUT2D eigenvalue weighted by molar-refractivity contribution is 7.17.